The lowest BCUT2D eigenvalue weighted by Gasteiger charge is -2.34. The molecule has 2 aromatic rings. The first-order valence-corrected chi connectivity index (χ1v) is 14.0. The minimum absolute atomic E-state index is 0.0222. The molecule has 2 aromatic carbocycles. The van der Waals surface area contributed by atoms with Crippen LogP contribution in [-0.2, 0) is 26.2 Å². The summed E-state index contributed by atoms with van der Waals surface area (Å²) in [5, 5.41) is 3.04. The summed E-state index contributed by atoms with van der Waals surface area (Å²) in [5.41, 5.74) is 0.320. The number of hydrogen-bond donors (Lipinski definition) is 1. The Morgan fingerprint density at radius 2 is 1.67 bits per heavy atom. The van der Waals surface area contributed by atoms with Crippen molar-refractivity contribution in [1.82, 2.24) is 10.2 Å². The normalized spacial score (nSPS) is 15.2. The monoisotopic (exact) mass is 521 g/mol. The van der Waals surface area contributed by atoms with Crippen molar-refractivity contribution in [2.45, 2.75) is 64.1 Å². The second-order valence-electron chi connectivity index (χ2n) is 9.14. The van der Waals surface area contributed by atoms with Gasteiger partial charge in [0.15, 0.2) is 0 Å². The molecule has 10 heteroatoms. The Bertz CT molecular complexity index is 1150. The first kappa shape index (κ1) is 27.6. The minimum Gasteiger partial charge on any atom is -0.352 e. The number of carbonyl (C=O) groups excluding carboxylic acids is 2. The van der Waals surface area contributed by atoms with E-state index in [0.717, 1.165) is 44.4 Å². The molecule has 1 atom stereocenters. The second-order valence-corrected chi connectivity index (χ2v) is 11.0. The molecule has 1 aliphatic carbocycles. The van der Waals surface area contributed by atoms with E-state index in [0.29, 0.717) is 9.87 Å². The maximum Gasteiger partial charge on any atom is 0.244 e. The van der Waals surface area contributed by atoms with Crippen LogP contribution >= 0.6 is 0 Å². The number of anilines is 1. The number of hydrogen-bond acceptors (Lipinski definition) is 4. The third kappa shape index (κ3) is 7.25. The molecule has 7 nitrogen and oxygen atoms in total. The molecule has 0 saturated heterocycles. The van der Waals surface area contributed by atoms with Gasteiger partial charge in [-0.05, 0) is 49.1 Å². The second kappa shape index (κ2) is 12.3. The van der Waals surface area contributed by atoms with Gasteiger partial charge < -0.3 is 10.2 Å². The Balaban J connectivity index is 1.91. The summed E-state index contributed by atoms with van der Waals surface area (Å²) in [7, 11) is -4.03. The van der Waals surface area contributed by atoms with Crippen molar-refractivity contribution >= 4 is 27.5 Å². The van der Waals surface area contributed by atoms with Crippen LogP contribution < -0.4 is 9.62 Å². The summed E-state index contributed by atoms with van der Waals surface area (Å²) in [6.45, 7) is 1.04. The van der Waals surface area contributed by atoms with Crippen molar-refractivity contribution in [3.8, 4) is 0 Å². The van der Waals surface area contributed by atoms with Crippen molar-refractivity contribution < 1.29 is 26.8 Å². The fourth-order valence-electron chi connectivity index (χ4n) is 4.50. The highest BCUT2D eigenvalue weighted by Gasteiger charge is 2.33. The minimum atomic E-state index is -4.03. The topological polar surface area (TPSA) is 86.8 Å². The van der Waals surface area contributed by atoms with Crippen molar-refractivity contribution in [3.05, 3.63) is 65.7 Å². The third-order valence-corrected chi connectivity index (χ3v) is 7.53. The summed E-state index contributed by atoms with van der Waals surface area (Å²) in [6, 6.07) is 9.95. The first-order valence-electron chi connectivity index (χ1n) is 12.2. The van der Waals surface area contributed by atoms with E-state index in [4.69, 9.17) is 0 Å². The van der Waals surface area contributed by atoms with Crippen LogP contribution in [0.1, 0.15) is 51.0 Å². The van der Waals surface area contributed by atoms with Crippen LogP contribution in [0.4, 0.5) is 14.5 Å². The van der Waals surface area contributed by atoms with E-state index < -0.39 is 40.2 Å². The molecule has 1 aliphatic rings. The molecule has 2 amide bonds. The van der Waals surface area contributed by atoms with E-state index in [-0.39, 0.29) is 30.6 Å². The van der Waals surface area contributed by atoms with E-state index >= 15 is 0 Å². The van der Waals surface area contributed by atoms with E-state index in [1.807, 2.05) is 0 Å². The molecule has 0 spiro atoms. The lowest BCUT2D eigenvalue weighted by atomic mass is 9.95. The van der Waals surface area contributed by atoms with Crippen LogP contribution in [0.2, 0.25) is 0 Å². The van der Waals surface area contributed by atoms with Crippen LogP contribution in [0.5, 0.6) is 0 Å². The van der Waals surface area contributed by atoms with Gasteiger partial charge in [0.25, 0.3) is 0 Å². The summed E-state index contributed by atoms with van der Waals surface area (Å²) in [6.07, 6.45) is 6.06. The summed E-state index contributed by atoms with van der Waals surface area (Å²) >= 11 is 0. The van der Waals surface area contributed by atoms with Gasteiger partial charge in [0, 0.05) is 12.6 Å². The lowest BCUT2D eigenvalue weighted by molar-refractivity contribution is -0.140. The van der Waals surface area contributed by atoms with Crippen molar-refractivity contribution in [3.63, 3.8) is 0 Å². The maximum absolute atomic E-state index is 14.5. The molecule has 0 aromatic heterocycles. The zero-order valence-corrected chi connectivity index (χ0v) is 21.4. The van der Waals surface area contributed by atoms with E-state index in [1.165, 1.54) is 47.4 Å². The van der Waals surface area contributed by atoms with Gasteiger partial charge in [0.1, 0.15) is 24.2 Å². The molecular formula is C26H33F2N3O4S. The average Bonchev–Trinajstić information content (AvgIpc) is 2.84. The maximum atomic E-state index is 14.5. The van der Waals surface area contributed by atoms with Gasteiger partial charge in [-0.2, -0.15) is 0 Å². The van der Waals surface area contributed by atoms with Crippen LogP contribution in [0.15, 0.2) is 48.5 Å². The van der Waals surface area contributed by atoms with Gasteiger partial charge in [-0.3, -0.25) is 13.9 Å². The number of rotatable bonds is 10. The van der Waals surface area contributed by atoms with Gasteiger partial charge in [0.2, 0.25) is 21.8 Å². The molecular weight excluding hydrogens is 488 g/mol. The van der Waals surface area contributed by atoms with Crippen molar-refractivity contribution in [2.75, 3.05) is 17.1 Å². The summed E-state index contributed by atoms with van der Waals surface area (Å²) in [5.74, 6) is -2.22. The van der Waals surface area contributed by atoms with E-state index in [1.54, 1.807) is 6.92 Å². The average molecular weight is 522 g/mol. The van der Waals surface area contributed by atoms with Gasteiger partial charge in [0.05, 0.1) is 11.9 Å². The Morgan fingerprint density at radius 3 is 2.25 bits per heavy atom. The molecule has 1 fully saturated rings. The van der Waals surface area contributed by atoms with Crippen molar-refractivity contribution in [1.29, 1.82) is 0 Å². The molecule has 196 valence electrons. The Kier molecular flexibility index (Phi) is 9.42. The van der Waals surface area contributed by atoms with E-state index in [9.17, 15) is 26.8 Å². The molecule has 1 unspecified atom stereocenters. The fraction of sp³-hybridized carbons (Fsp3) is 0.462. The van der Waals surface area contributed by atoms with Crippen LogP contribution in [0.3, 0.4) is 0 Å². The number of carbonyl (C=O) groups is 2. The van der Waals surface area contributed by atoms with Gasteiger partial charge in [-0.1, -0.05) is 50.5 Å². The van der Waals surface area contributed by atoms with Crippen molar-refractivity contribution in [2.24, 2.45) is 0 Å². The molecule has 0 bridgehead atoms. The highest BCUT2D eigenvalue weighted by atomic mass is 32.2. The zero-order valence-electron chi connectivity index (χ0n) is 20.6. The quantitative estimate of drug-likeness (QED) is 0.512. The molecule has 0 radical (unpaired) electrons. The smallest absolute Gasteiger partial charge is 0.244 e. The third-order valence-electron chi connectivity index (χ3n) is 6.40. The standard InChI is InChI=1S/C26H33F2N3O4S/c1-3-23(26(33)29-21-9-5-4-6-10-21)30(17-19-13-15-20(27)16-14-19)25(32)18-31(36(2,34)35)24-12-8-7-11-22(24)28/h7-8,11-16,21,23H,3-6,9-10,17-18H2,1-2H3,(H,29,33). The number of nitrogens with one attached hydrogen (secondary N) is 1. The molecule has 36 heavy (non-hydrogen) atoms. The Morgan fingerprint density at radius 1 is 1.03 bits per heavy atom. The molecule has 3 rings (SSSR count). The molecule has 1 saturated carbocycles. The fourth-order valence-corrected chi connectivity index (χ4v) is 5.35. The number of nitrogens with zero attached hydrogens (tertiary/aromatic N) is 2. The SMILES string of the molecule is CCC(C(=O)NC1CCCCC1)N(Cc1ccc(F)cc1)C(=O)CN(c1ccccc1F)S(C)(=O)=O. The summed E-state index contributed by atoms with van der Waals surface area (Å²) < 4.78 is 53.7. The first-order chi connectivity index (χ1) is 17.1. The van der Waals surface area contributed by atoms with E-state index in [2.05, 4.69) is 5.32 Å². The van der Waals surface area contributed by atoms with Gasteiger partial charge in [-0.25, -0.2) is 17.2 Å². The number of amides is 2. The number of para-hydroxylation sites is 1. The lowest BCUT2D eigenvalue weighted by Crippen LogP contribution is -2.54. The summed E-state index contributed by atoms with van der Waals surface area (Å²) in [4.78, 5) is 28.2. The Labute approximate surface area is 211 Å². The largest absolute Gasteiger partial charge is 0.352 e. The van der Waals surface area contributed by atoms with Crippen LogP contribution in [-0.4, -0.2) is 50.0 Å². The molecule has 1 N–H and O–H groups in total. The van der Waals surface area contributed by atoms with Crippen LogP contribution in [0, 0.1) is 11.6 Å². The predicted molar refractivity (Wildman–Crippen MR) is 135 cm³/mol. The number of benzene rings is 2. The van der Waals surface area contributed by atoms with Gasteiger partial charge >= 0.3 is 0 Å². The highest BCUT2D eigenvalue weighted by molar-refractivity contribution is 7.92. The Hall–Kier alpha value is -3.01. The zero-order chi connectivity index (χ0) is 26.3. The molecule has 0 aliphatic heterocycles. The highest BCUT2D eigenvalue weighted by Crippen LogP contribution is 2.23. The number of sulfonamides is 1. The van der Waals surface area contributed by atoms with Gasteiger partial charge in [-0.15, -0.1) is 0 Å². The molecule has 0 heterocycles. The van der Waals surface area contributed by atoms with Crippen LogP contribution in [0.25, 0.3) is 0 Å². The number of halogens is 2. The predicted octanol–water partition coefficient (Wildman–Crippen LogP) is 3.99.